The summed E-state index contributed by atoms with van der Waals surface area (Å²) in [4.78, 5) is 24.3. The predicted molar refractivity (Wildman–Crippen MR) is 66.6 cm³/mol. The van der Waals surface area contributed by atoms with Crippen molar-refractivity contribution < 1.29 is 14.7 Å². The van der Waals surface area contributed by atoms with Crippen LogP contribution >= 0.6 is 0 Å². The zero-order valence-electron chi connectivity index (χ0n) is 11.2. The van der Waals surface area contributed by atoms with Crippen LogP contribution < -0.4 is 5.73 Å². The maximum atomic E-state index is 12.2. The summed E-state index contributed by atoms with van der Waals surface area (Å²) in [5.41, 5.74) is 5.07. The van der Waals surface area contributed by atoms with Crippen molar-refractivity contribution in [1.29, 1.82) is 0 Å². The molecule has 0 radical (unpaired) electrons. The first kappa shape index (κ1) is 15.9. The molecule has 0 spiro atoms. The van der Waals surface area contributed by atoms with Crippen LogP contribution in [-0.2, 0) is 9.59 Å². The Morgan fingerprint density at radius 3 is 2.06 bits per heavy atom. The van der Waals surface area contributed by atoms with Gasteiger partial charge in [0.2, 0.25) is 5.91 Å². The van der Waals surface area contributed by atoms with Crippen LogP contribution in [0.4, 0.5) is 0 Å². The first-order valence-electron chi connectivity index (χ1n) is 6.06. The van der Waals surface area contributed by atoms with Crippen molar-refractivity contribution in [3.8, 4) is 0 Å². The number of carboxylic acids is 1. The third kappa shape index (κ3) is 4.73. The van der Waals surface area contributed by atoms with Crippen molar-refractivity contribution in [1.82, 2.24) is 4.90 Å². The topological polar surface area (TPSA) is 83.6 Å². The maximum Gasteiger partial charge on any atom is 0.323 e. The van der Waals surface area contributed by atoms with Gasteiger partial charge in [0.1, 0.15) is 6.54 Å². The van der Waals surface area contributed by atoms with Crippen LogP contribution in [0.5, 0.6) is 0 Å². The summed E-state index contributed by atoms with van der Waals surface area (Å²) in [5, 5.41) is 8.82. The summed E-state index contributed by atoms with van der Waals surface area (Å²) in [6.45, 7) is 7.71. The van der Waals surface area contributed by atoms with Gasteiger partial charge in [-0.25, -0.2) is 0 Å². The monoisotopic (exact) mass is 244 g/mol. The van der Waals surface area contributed by atoms with Gasteiger partial charge in [0.25, 0.3) is 0 Å². The second-order valence-electron chi connectivity index (χ2n) is 4.84. The molecule has 0 aromatic rings. The number of hydrogen-bond donors (Lipinski definition) is 2. The lowest BCUT2D eigenvalue weighted by atomic mass is 9.92. The molecule has 0 unspecified atom stereocenters. The first-order chi connectivity index (χ1) is 7.76. The van der Waals surface area contributed by atoms with E-state index >= 15 is 0 Å². The van der Waals surface area contributed by atoms with Gasteiger partial charge in [-0.1, -0.05) is 27.7 Å². The SMILES string of the molecule is CCC(N)(CC)C(=O)N(CC(=O)O)CC(C)C. The van der Waals surface area contributed by atoms with Gasteiger partial charge in [-0.15, -0.1) is 0 Å². The molecule has 0 fully saturated rings. The molecule has 5 nitrogen and oxygen atoms in total. The van der Waals surface area contributed by atoms with E-state index in [-0.39, 0.29) is 18.4 Å². The molecule has 100 valence electrons. The Morgan fingerprint density at radius 1 is 1.29 bits per heavy atom. The number of carboxylic acid groups (broad SMARTS) is 1. The number of nitrogens with zero attached hydrogens (tertiary/aromatic N) is 1. The molecular formula is C12H24N2O3. The quantitative estimate of drug-likeness (QED) is 0.701. The molecule has 0 atom stereocenters. The van der Waals surface area contributed by atoms with Crippen LogP contribution in [0, 0.1) is 5.92 Å². The molecule has 3 N–H and O–H groups in total. The van der Waals surface area contributed by atoms with Gasteiger partial charge in [-0.2, -0.15) is 0 Å². The smallest absolute Gasteiger partial charge is 0.323 e. The number of nitrogens with two attached hydrogens (primary N) is 1. The Balaban J connectivity index is 4.90. The predicted octanol–water partition coefficient (Wildman–Crippen LogP) is 1.07. The van der Waals surface area contributed by atoms with Crippen LogP contribution in [0.3, 0.4) is 0 Å². The zero-order chi connectivity index (χ0) is 13.6. The van der Waals surface area contributed by atoms with Gasteiger partial charge >= 0.3 is 5.97 Å². The minimum Gasteiger partial charge on any atom is -0.480 e. The lowest BCUT2D eigenvalue weighted by Crippen LogP contribution is -2.56. The zero-order valence-corrected chi connectivity index (χ0v) is 11.2. The normalized spacial score (nSPS) is 11.6. The minimum atomic E-state index is -1.01. The van der Waals surface area contributed by atoms with Crippen molar-refractivity contribution in [3.63, 3.8) is 0 Å². The number of amides is 1. The summed E-state index contributed by atoms with van der Waals surface area (Å²) < 4.78 is 0. The highest BCUT2D eigenvalue weighted by atomic mass is 16.4. The van der Waals surface area contributed by atoms with Gasteiger partial charge in [0.15, 0.2) is 0 Å². The third-order valence-corrected chi connectivity index (χ3v) is 2.89. The number of rotatable bonds is 7. The summed E-state index contributed by atoms with van der Waals surface area (Å²) in [6.07, 6.45) is 1.02. The van der Waals surface area contributed by atoms with Crippen molar-refractivity contribution in [2.24, 2.45) is 11.7 Å². The van der Waals surface area contributed by atoms with Gasteiger partial charge in [-0.3, -0.25) is 9.59 Å². The maximum absolute atomic E-state index is 12.2. The van der Waals surface area contributed by atoms with E-state index in [1.807, 2.05) is 27.7 Å². The number of hydrogen-bond acceptors (Lipinski definition) is 3. The Bertz CT molecular complexity index is 273. The van der Waals surface area contributed by atoms with E-state index < -0.39 is 11.5 Å². The Kier molecular flexibility index (Phi) is 6.16. The molecule has 0 aromatic heterocycles. The van der Waals surface area contributed by atoms with E-state index in [4.69, 9.17) is 10.8 Å². The van der Waals surface area contributed by atoms with Gasteiger partial charge < -0.3 is 15.7 Å². The summed E-state index contributed by atoms with van der Waals surface area (Å²) in [7, 11) is 0. The van der Waals surface area contributed by atoms with Crippen molar-refractivity contribution in [2.45, 2.75) is 46.1 Å². The highest BCUT2D eigenvalue weighted by Crippen LogP contribution is 2.16. The minimum absolute atomic E-state index is 0.219. The van der Waals surface area contributed by atoms with Gasteiger partial charge in [-0.05, 0) is 18.8 Å². The molecule has 17 heavy (non-hydrogen) atoms. The lowest BCUT2D eigenvalue weighted by molar-refractivity contribution is -0.147. The molecule has 0 aliphatic rings. The summed E-state index contributed by atoms with van der Waals surface area (Å²) in [6, 6.07) is 0. The van der Waals surface area contributed by atoms with E-state index in [1.165, 1.54) is 4.90 Å². The first-order valence-corrected chi connectivity index (χ1v) is 6.06. The molecule has 0 saturated carbocycles. The van der Waals surface area contributed by atoms with Crippen molar-refractivity contribution >= 4 is 11.9 Å². The summed E-state index contributed by atoms with van der Waals surface area (Å²) in [5.74, 6) is -1.05. The molecule has 1 amide bonds. The van der Waals surface area contributed by atoms with Crippen LogP contribution in [0.2, 0.25) is 0 Å². The number of aliphatic carboxylic acids is 1. The largest absolute Gasteiger partial charge is 0.480 e. The molecule has 0 aliphatic heterocycles. The highest BCUT2D eigenvalue weighted by Gasteiger charge is 2.34. The second-order valence-corrected chi connectivity index (χ2v) is 4.84. The average molecular weight is 244 g/mol. The van der Waals surface area contributed by atoms with E-state index in [0.717, 1.165) is 0 Å². The highest BCUT2D eigenvalue weighted by molar-refractivity contribution is 5.88. The molecule has 5 heteroatoms. The fraction of sp³-hybridized carbons (Fsp3) is 0.833. The Hall–Kier alpha value is -1.10. The van der Waals surface area contributed by atoms with Crippen LogP contribution in [0.25, 0.3) is 0 Å². The van der Waals surface area contributed by atoms with E-state index in [0.29, 0.717) is 19.4 Å². The molecule has 0 saturated heterocycles. The fourth-order valence-electron chi connectivity index (χ4n) is 1.69. The molecule has 0 rings (SSSR count). The van der Waals surface area contributed by atoms with Crippen molar-refractivity contribution in [3.05, 3.63) is 0 Å². The van der Waals surface area contributed by atoms with Crippen LogP contribution in [0.1, 0.15) is 40.5 Å². The second kappa shape index (κ2) is 6.59. The molecule has 0 aliphatic carbocycles. The average Bonchev–Trinajstić information content (AvgIpc) is 2.24. The van der Waals surface area contributed by atoms with Crippen molar-refractivity contribution in [2.75, 3.05) is 13.1 Å². The third-order valence-electron chi connectivity index (χ3n) is 2.89. The molecule has 0 heterocycles. The molecular weight excluding hydrogens is 220 g/mol. The number of carbonyl (C=O) groups is 2. The van der Waals surface area contributed by atoms with E-state index in [1.54, 1.807) is 0 Å². The number of carbonyl (C=O) groups excluding carboxylic acids is 1. The van der Waals surface area contributed by atoms with Gasteiger partial charge in [0.05, 0.1) is 5.54 Å². The van der Waals surface area contributed by atoms with Gasteiger partial charge in [0, 0.05) is 6.54 Å². The van der Waals surface area contributed by atoms with E-state index in [2.05, 4.69) is 0 Å². The van der Waals surface area contributed by atoms with E-state index in [9.17, 15) is 9.59 Å². The Morgan fingerprint density at radius 2 is 1.76 bits per heavy atom. The lowest BCUT2D eigenvalue weighted by Gasteiger charge is -2.33. The molecule has 0 bridgehead atoms. The fourth-order valence-corrected chi connectivity index (χ4v) is 1.69. The van der Waals surface area contributed by atoms with Crippen LogP contribution in [0.15, 0.2) is 0 Å². The summed E-state index contributed by atoms with van der Waals surface area (Å²) >= 11 is 0. The Labute approximate surface area is 103 Å². The standard InChI is InChI=1S/C12H24N2O3/c1-5-12(13,6-2)11(17)14(7-9(3)4)8-10(15)16/h9H,5-8,13H2,1-4H3,(H,15,16). The molecule has 0 aromatic carbocycles. The van der Waals surface area contributed by atoms with Crippen LogP contribution in [-0.4, -0.2) is 40.5 Å².